The highest BCUT2D eigenvalue weighted by atomic mass is 16.5. The molecule has 8 nitrogen and oxygen atoms in total. The van der Waals surface area contributed by atoms with E-state index in [-0.39, 0.29) is 5.60 Å². The number of pyridine rings is 1. The summed E-state index contributed by atoms with van der Waals surface area (Å²) in [5.74, 6) is 2.13. The standard InChI is InChI=1S/C25H27N7O/c1-18-5-4-6-19(13-18)15-27-16-21-14-22(31-11-12-33-25(2,3)17-31)32-24(28-21)29-23(30-32)20-7-9-26-10-8-20/h4-10,13-15H,11-12,16-17H2,1-3H3. The van der Waals surface area contributed by atoms with Crippen LogP contribution in [-0.4, -0.2) is 56.1 Å². The van der Waals surface area contributed by atoms with Crippen molar-refractivity contribution >= 4 is 17.8 Å². The van der Waals surface area contributed by atoms with Crippen LogP contribution in [0.1, 0.15) is 30.7 Å². The lowest BCUT2D eigenvalue weighted by atomic mass is 10.1. The summed E-state index contributed by atoms with van der Waals surface area (Å²) in [7, 11) is 0. The second kappa shape index (κ2) is 8.71. The maximum Gasteiger partial charge on any atom is 0.254 e. The number of aryl methyl sites for hydroxylation is 1. The lowest BCUT2D eigenvalue weighted by Gasteiger charge is -2.39. The zero-order valence-corrected chi connectivity index (χ0v) is 19.1. The number of ether oxygens (including phenoxy) is 1. The fraction of sp³-hybridized carbons (Fsp3) is 0.320. The number of nitrogens with zero attached hydrogens (tertiary/aromatic N) is 7. The molecule has 8 heteroatoms. The molecule has 0 saturated carbocycles. The first kappa shape index (κ1) is 21.2. The summed E-state index contributed by atoms with van der Waals surface area (Å²) in [4.78, 5) is 20.5. The monoisotopic (exact) mass is 441 g/mol. The second-order valence-corrected chi connectivity index (χ2v) is 8.90. The van der Waals surface area contributed by atoms with E-state index in [9.17, 15) is 0 Å². The van der Waals surface area contributed by atoms with E-state index in [2.05, 4.69) is 53.8 Å². The molecule has 0 aliphatic carbocycles. The molecule has 1 aromatic carbocycles. The molecule has 0 N–H and O–H groups in total. The number of anilines is 1. The second-order valence-electron chi connectivity index (χ2n) is 8.90. The summed E-state index contributed by atoms with van der Waals surface area (Å²) in [5, 5.41) is 4.78. The van der Waals surface area contributed by atoms with Crippen molar-refractivity contribution in [1.82, 2.24) is 24.6 Å². The normalized spacial score (nSPS) is 16.0. The lowest BCUT2D eigenvalue weighted by Crippen LogP contribution is -2.49. The predicted octanol–water partition coefficient (Wildman–Crippen LogP) is 3.73. The third-order valence-electron chi connectivity index (χ3n) is 5.57. The topological polar surface area (TPSA) is 80.8 Å². The summed E-state index contributed by atoms with van der Waals surface area (Å²) >= 11 is 0. The molecule has 0 bridgehead atoms. The summed E-state index contributed by atoms with van der Waals surface area (Å²) in [6.45, 7) is 8.94. The van der Waals surface area contributed by atoms with Crippen molar-refractivity contribution in [3.05, 3.63) is 71.7 Å². The average Bonchev–Trinajstić information content (AvgIpc) is 3.23. The van der Waals surface area contributed by atoms with Gasteiger partial charge in [0.25, 0.3) is 5.78 Å². The van der Waals surface area contributed by atoms with E-state index in [1.807, 2.05) is 35.0 Å². The van der Waals surface area contributed by atoms with Crippen LogP contribution >= 0.6 is 0 Å². The van der Waals surface area contributed by atoms with Crippen LogP contribution in [-0.2, 0) is 11.3 Å². The van der Waals surface area contributed by atoms with Gasteiger partial charge in [0.05, 0.1) is 24.4 Å². The highest BCUT2D eigenvalue weighted by Crippen LogP contribution is 2.25. The highest BCUT2D eigenvalue weighted by molar-refractivity contribution is 5.79. The van der Waals surface area contributed by atoms with E-state index in [1.54, 1.807) is 12.4 Å². The van der Waals surface area contributed by atoms with Gasteiger partial charge in [-0.1, -0.05) is 29.8 Å². The van der Waals surface area contributed by atoms with Gasteiger partial charge in [0.15, 0.2) is 5.82 Å². The molecule has 4 aromatic rings. The minimum atomic E-state index is -0.244. The van der Waals surface area contributed by atoms with Crippen LogP contribution in [0.15, 0.2) is 59.9 Å². The Bertz CT molecular complexity index is 1300. The summed E-state index contributed by atoms with van der Waals surface area (Å²) < 4.78 is 7.75. The first-order valence-electron chi connectivity index (χ1n) is 11.1. The number of hydrogen-bond acceptors (Lipinski definition) is 7. The predicted molar refractivity (Wildman–Crippen MR) is 129 cm³/mol. The van der Waals surface area contributed by atoms with E-state index >= 15 is 0 Å². The van der Waals surface area contributed by atoms with E-state index in [0.717, 1.165) is 35.7 Å². The minimum absolute atomic E-state index is 0.244. The zero-order valence-electron chi connectivity index (χ0n) is 19.1. The Morgan fingerprint density at radius 1 is 1.12 bits per heavy atom. The van der Waals surface area contributed by atoms with Crippen LogP contribution in [0, 0.1) is 6.92 Å². The number of rotatable bonds is 5. The van der Waals surface area contributed by atoms with Crippen molar-refractivity contribution in [3.8, 4) is 11.4 Å². The van der Waals surface area contributed by atoms with Gasteiger partial charge < -0.3 is 9.64 Å². The molecule has 3 aromatic heterocycles. The van der Waals surface area contributed by atoms with Gasteiger partial charge >= 0.3 is 0 Å². The molecule has 0 amide bonds. The molecule has 0 unspecified atom stereocenters. The molecular formula is C25H27N7O. The molecule has 1 aliphatic heterocycles. The first-order chi connectivity index (χ1) is 16.0. The van der Waals surface area contributed by atoms with E-state index < -0.39 is 0 Å². The van der Waals surface area contributed by atoms with Crippen LogP contribution in [0.5, 0.6) is 0 Å². The summed E-state index contributed by atoms with van der Waals surface area (Å²) in [6, 6.07) is 14.1. The molecule has 1 aliphatic rings. The molecule has 4 heterocycles. The highest BCUT2D eigenvalue weighted by Gasteiger charge is 2.29. The van der Waals surface area contributed by atoms with Gasteiger partial charge in [-0.3, -0.25) is 9.98 Å². The van der Waals surface area contributed by atoms with Crippen LogP contribution in [0.4, 0.5) is 5.82 Å². The summed E-state index contributed by atoms with van der Waals surface area (Å²) in [5.41, 5.74) is 3.80. The molecule has 1 saturated heterocycles. The molecule has 1 fully saturated rings. The smallest absolute Gasteiger partial charge is 0.254 e. The third-order valence-corrected chi connectivity index (χ3v) is 5.57. The SMILES string of the molecule is Cc1cccc(C=NCc2cc(N3CCOC(C)(C)C3)n3nc(-c4ccncc4)nc3n2)c1. The Morgan fingerprint density at radius 2 is 1.97 bits per heavy atom. The van der Waals surface area contributed by atoms with Gasteiger partial charge in [0.2, 0.25) is 0 Å². The van der Waals surface area contributed by atoms with Gasteiger partial charge in [0, 0.05) is 43.3 Å². The van der Waals surface area contributed by atoms with Gasteiger partial charge in [0.1, 0.15) is 5.82 Å². The summed E-state index contributed by atoms with van der Waals surface area (Å²) in [6.07, 6.45) is 5.37. The van der Waals surface area contributed by atoms with Gasteiger partial charge in [-0.15, -0.1) is 5.10 Å². The number of fused-ring (bicyclic) bond motifs is 1. The minimum Gasteiger partial charge on any atom is -0.372 e. The van der Waals surface area contributed by atoms with Gasteiger partial charge in [-0.05, 0) is 38.5 Å². The Hall–Kier alpha value is -3.65. The van der Waals surface area contributed by atoms with Gasteiger partial charge in [-0.2, -0.15) is 9.50 Å². The molecule has 0 atom stereocenters. The van der Waals surface area contributed by atoms with E-state index in [1.165, 1.54) is 5.56 Å². The fourth-order valence-corrected chi connectivity index (χ4v) is 4.04. The number of hydrogen-bond donors (Lipinski definition) is 0. The van der Waals surface area contributed by atoms with Crippen molar-refractivity contribution < 1.29 is 4.74 Å². The van der Waals surface area contributed by atoms with Crippen LogP contribution in [0.2, 0.25) is 0 Å². The van der Waals surface area contributed by atoms with Crippen LogP contribution in [0.3, 0.4) is 0 Å². The third kappa shape index (κ3) is 4.75. The van der Waals surface area contributed by atoms with Crippen LogP contribution < -0.4 is 4.90 Å². The molecule has 0 spiro atoms. The Morgan fingerprint density at radius 3 is 2.76 bits per heavy atom. The van der Waals surface area contributed by atoms with Gasteiger partial charge in [-0.25, -0.2) is 4.98 Å². The van der Waals surface area contributed by atoms with Crippen molar-refractivity contribution in [2.45, 2.75) is 32.9 Å². The number of benzene rings is 1. The van der Waals surface area contributed by atoms with Crippen molar-refractivity contribution in [1.29, 1.82) is 0 Å². The van der Waals surface area contributed by atoms with Crippen molar-refractivity contribution in [2.24, 2.45) is 4.99 Å². The maximum absolute atomic E-state index is 5.92. The quantitative estimate of drug-likeness (QED) is 0.439. The average molecular weight is 442 g/mol. The number of morpholine rings is 1. The number of aliphatic imine (C=N–C) groups is 1. The molecular weight excluding hydrogens is 414 g/mol. The molecule has 0 radical (unpaired) electrons. The fourth-order valence-electron chi connectivity index (χ4n) is 4.04. The van der Waals surface area contributed by atoms with Crippen LogP contribution in [0.25, 0.3) is 17.2 Å². The largest absolute Gasteiger partial charge is 0.372 e. The Labute approximate surface area is 193 Å². The maximum atomic E-state index is 5.92. The van der Waals surface area contributed by atoms with E-state index in [0.29, 0.717) is 24.8 Å². The molecule has 33 heavy (non-hydrogen) atoms. The number of aromatic nitrogens is 5. The first-order valence-corrected chi connectivity index (χ1v) is 11.1. The lowest BCUT2D eigenvalue weighted by molar-refractivity contribution is -0.0280. The van der Waals surface area contributed by atoms with Crippen molar-refractivity contribution in [2.75, 3.05) is 24.6 Å². The Balaban J connectivity index is 1.52. The van der Waals surface area contributed by atoms with Crippen molar-refractivity contribution in [3.63, 3.8) is 0 Å². The zero-order chi connectivity index (χ0) is 22.8. The molecule has 168 valence electrons. The molecule has 5 rings (SSSR count). The van der Waals surface area contributed by atoms with E-state index in [4.69, 9.17) is 19.8 Å². The Kier molecular flexibility index (Phi) is 5.60.